The summed E-state index contributed by atoms with van der Waals surface area (Å²) in [4.78, 5) is 22.3. The zero-order chi connectivity index (χ0) is 10.8. The molecule has 0 radical (unpaired) electrons. The van der Waals surface area contributed by atoms with Crippen molar-refractivity contribution in [2.45, 2.75) is 0 Å². The van der Waals surface area contributed by atoms with Crippen LogP contribution in [-0.4, -0.2) is 11.0 Å². The van der Waals surface area contributed by atoms with Crippen LogP contribution in [0.25, 0.3) is 10.8 Å². The largest absolute Gasteiger partial charge is 0.293 e. The fraction of sp³-hybridized carbons (Fsp3) is 0. The average Bonchev–Trinajstić information content (AvgIpc) is 2.27. The first kappa shape index (κ1) is 9.87. The molecule has 0 atom stereocenters. The van der Waals surface area contributed by atoms with Gasteiger partial charge in [-0.25, -0.2) is 0 Å². The van der Waals surface area contributed by atoms with Crippen LogP contribution in [0.1, 0.15) is 10.4 Å². The van der Waals surface area contributed by atoms with Crippen LogP contribution in [0.2, 0.25) is 0 Å². The Hall–Kier alpha value is -1.67. The van der Waals surface area contributed by atoms with Gasteiger partial charge in [0.1, 0.15) is 0 Å². The van der Waals surface area contributed by atoms with E-state index in [9.17, 15) is 9.59 Å². The number of hydrogen-bond acceptors (Lipinski definition) is 2. The molecule has 0 fully saturated rings. The molecule has 0 unspecified atom stereocenters. The first-order valence-electron chi connectivity index (χ1n) is 4.42. The summed E-state index contributed by atoms with van der Waals surface area (Å²) in [5, 5.41) is 0.714. The molecule has 0 aliphatic heterocycles. The van der Waals surface area contributed by atoms with E-state index in [1.54, 1.807) is 18.2 Å². The number of ketones is 1. The average molecular weight is 219 g/mol. The third-order valence-electron chi connectivity index (χ3n) is 2.21. The molecule has 2 aromatic rings. The van der Waals surface area contributed by atoms with Gasteiger partial charge in [0.2, 0.25) is 5.78 Å². The van der Waals surface area contributed by atoms with E-state index in [0.717, 1.165) is 10.8 Å². The van der Waals surface area contributed by atoms with E-state index < -0.39 is 11.0 Å². The highest BCUT2D eigenvalue weighted by molar-refractivity contribution is 6.83. The van der Waals surface area contributed by atoms with Crippen LogP contribution >= 0.6 is 11.6 Å². The lowest BCUT2D eigenvalue weighted by Gasteiger charge is -2.02. The monoisotopic (exact) mass is 218 g/mol. The maximum atomic E-state index is 11.5. The molecule has 0 amide bonds. The molecule has 0 bridgehead atoms. The van der Waals surface area contributed by atoms with Crippen molar-refractivity contribution in [1.82, 2.24) is 0 Å². The van der Waals surface area contributed by atoms with Crippen molar-refractivity contribution in [2.75, 3.05) is 0 Å². The Morgan fingerprint density at radius 2 is 1.60 bits per heavy atom. The summed E-state index contributed by atoms with van der Waals surface area (Å²) in [6, 6.07) is 12.6. The summed E-state index contributed by atoms with van der Waals surface area (Å²) in [7, 11) is 0. The highest BCUT2D eigenvalue weighted by atomic mass is 35.5. The molecule has 0 aliphatic carbocycles. The topological polar surface area (TPSA) is 34.1 Å². The standard InChI is InChI=1S/C12H7ClO2/c13-12(15)11(14)10-7-3-5-8-4-1-2-6-9(8)10/h1-7H. The van der Waals surface area contributed by atoms with Crippen LogP contribution in [0.3, 0.4) is 0 Å². The van der Waals surface area contributed by atoms with Gasteiger partial charge in [0.25, 0.3) is 5.24 Å². The summed E-state index contributed by atoms with van der Waals surface area (Å²) >= 11 is 5.17. The molecule has 3 heteroatoms. The summed E-state index contributed by atoms with van der Waals surface area (Å²) in [6.45, 7) is 0. The van der Waals surface area contributed by atoms with Gasteiger partial charge in [-0.15, -0.1) is 0 Å². The summed E-state index contributed by atoms with van der Waals surface area (Å²) in [5.41, 5.74) is 0.355. The Morgan fingerprint density at radius 3 is 2.33 bits per heavy atom. The number of fused-ring (bicyclic) bond motifs is 1. The van der Waals surface area contributed by atoms with Gasteiger partial charge in [-0.05, 0) is 22.4 Å². The third kappa shape index (κ3) is 1.76. The van der Waals surface area contributed by atoms with Gasteiger partial charge in [0.15, 0.2) is 0 Å². The Morgan fingerprint density at radius 1 is 0.933 bits per heavy atom. The molecule has 0 aromatic heterocycles. The highest BCUT2D eigenvalue weighted by Gasteiger charge is 2.15. The predicted octanol–water partition coefficient (Wildman–Crippen LogP) is 2.79. The zero-order valence-corrected chi connectivity index (χ0v) is 8.49. The Bertz CT molecular complexity index is 541. The summed E-state index contributed by atoms with van der Waals surface area (Å²) in [6.07, 6.45) is 0. The lowest BCUT2D eigenvalue weighted by molar-refractivity contribution is -0.108. The minimum Gasteiger partial charge on any atom is -0.284 e. The normalized spacial score (nSPS) is 10.2. The van der Waals surface area contributed by atoms with Crippen LogP contribution in [0.4, 0.5) is 0 Å². The minimum atomic E-state index is -0.952. The van der Waals surface area contributed by atoms with Crippen molar-refractivity contribution >= 4 is 33.4 Å². The molecule has 2 rings (SSSR count). The minimum absolute atomic E-state index is 0.355. The number of rotatable bonds is 2. The van der Waals surface area contributed by atoms with Crippen LogP contribution in [0.5, 0.6) is 0 Å². The van der Waals surface area contributed by atoms with E-state index in [1.165, 1.54) is 0 Å². The fourth-order valence-corrected chi connectivity index (χ4v) is 1.63. The highest BCUT2D eigenvalue weighted by Crippen LogP contribution is 2.19. The molecular weight excluding hydrogens is 212 g/mol. The van der Waals surface area contributed by atoms with Crippen LogP contribution < -0.4 is 0 Å². The van der Waals surface area contributed by atoms with Crippen LogP contribution in [0.15, 0.2) is 42.5 Å². The van der Waals surface area contributed by atoms with E-state index in [2.05, 4.69) is 0 Å². The van der Waals surface area contributed by atoms with E-state index in [-0.39, 0.29) is 0 Å². The number of benzene rings is 2. The van der Waals surface area contributed by atoms with E-state index in [0.29, 0.717) is 5.56 Å². The quantitative estimate of drug-likeness (QED) is 0.441. The maximum absolute atomic E-state index is 11.5. The second kappa shape index (κ2) is 3.83. The number of carbonyl (C=O) groups excluding carboxylic acids is 2. The second-order valence-corrected chi connectivity index (χ2v) is 3.47. The van der Waals surface area contributed by atoms with Crippen molar-refractivity contribution in [3.05, 3.63) is 48.0 Å². The molecule has 0 saturated carbocycles. The smallest absolute Gasteiger partial charge is 0.284 e. The molecule has 2 nitrogen and oxygen atoms in total. The van der Waals surface area contributed by atoms with Crippen LogP contribution in [0, 0.1) is 0 Å². The van der Waals surface area contributed by atoms with Gasteiger partial charge in [0, 0.05) is 5.56 Å². The number of Topliss-reactive ketones (excluding diaryl/α,β-unsaturated/α-hetero) is 1. The number of hydrogen-bond donors (Lipinski definition) is 0. The molecule has 0 saturated heterocycles. The van der Waals surface area contributed by atoms with Gasteiger partial charge in [-0.2, -0.15) is 0 Å². The van der Waals surface area contributed by atoms with Crippen molar-refractivity contribution in [3.8, 4) is 0 Å². The Balaban J connectivity index is 2.71. The van der Waals surface area contributed by atoms with Crippen molar-refractivity contribution in [1.29, 1.82) is 0 Å². The lowest BCUT2D eigenvalue weighted by atomic mass is 10.0. The Kier molecular flexibility index (Phi) is 2.52. The molecular formula is C12H7ClO2. The molecule has 0 spiro atoms. The SMILES string of the molecule is O=C(Cl)C(=O)c1cccc2ccccc12. The molecule has 2 aromatic carbocycles. The number of halogens is 1. The van der Waals surface area contributed by atoms with Gasteiger partial charge >= 0.3 is 0 Å². The first-order valence-corrected chi connectivity index (χ1v) is 4.80. The lowest BCUT2D eigenvalue weighted by Crippen LogP contribution is -2.07. The molecule has 15 heavy (non-hydrogen) atoms. The van der Waals surface area contributed by atoms with Gasteiger partial charge in [-0.3, -0.25) is 9.59 Å². The van der Waals surface area contributed by atoms with Crippen molar-refractivity contribution in [2.24, 2.45) is 0 Å². The zero-order valence-electron chi connectivity index (χ0n) is 7.74. The van der Waals surface area contributed by atoms with E-state index >= 15 is 0 Å². The molecule has 0 aliphatic rings. The molecule has 74 valence electrons. The van der Waals surface area contributed by atoms with E-state index in [4.69, 9.17) is 11.6 Å². The van der Waals surface area contributed by atoms with E-state index in [1.807, 2.05) is 24.3 Å². The molecule has 0 N–H and O–H groups in total. The van der Waals surface area contributed by atoms with Crippen LogP contribution in [-0.2, 0) is 4.79 Å². The van der Waals surface area contributed by atoms with Gasteiger partial charge in [-0.1, -0.05) is 42.5 Å². The second-order valence-electron chi connectivity index (χ2n) is 3.13. The maximum Gasteiger partial charge on any atom is 0.293 e. The summed E-state index contributed by atoms with van der Waals surface area (Å²) < 4.78 is 0. The summed E-state index contributed by atoms with van der Waals surface area (Å²) in [5.74, 6) is -0.659. The van der Waals surface area contributed by atoms with Crippen molar-refractivity contribution in [3.63, 3.8) is 0 Å². The predicted molar refractivity (Wildman–Crippen MR) is 59.1 cm³/mol. The third-order valence-corrected chi connectivity index (χ3v) is 2.38. The Labute approximate surface area is 91.5 Å². The van der Waals surface area contributed by atoms with Crippen molar-refractivity contribution < 1.29 is 9.59 Å². The number of carbonyl (C=O) groups is 2. The fourth-order valence-electron chi connectivity index (χ4n) is 1.53. The first-order chi connectivity index (χ1) is 7.20. The van der Waals surface area contributed by atoms with Gasteiger partial charge < -0.3 is 0 Å². The van der Waals surface area contributed by atoms with Gasteiger partial charge in [0.05, 0.1) is 0 Å². The molecule has 0 heterocycles.